The average Bonchev–Trinajstić information content (AvgIpc) is 3.54. The van der Waals surface area contributed by atoms with E-state index in [0.29, 0.717) is 31.1 Å². The molecule has 0 amide bonds. The van der Waals surface area contributed by atoms with E-state index in [2.05, 4.69) is 190 Å². The van der Waals surface area contributed by atoms with E-state index in [-0.39, 0.29) is 11.5 Å². The first-order valence-electron chi connectivity index (χ1n) is 14.5. The quantitative estimate of drug-likeness (QED) is 0.149. The second-order valence-electron chi connectivity index (χ2n) is 11.8. The summed E-state index contributed by atoms with van der Waals surface area (Å²) in [4.78, 5) is 2.63. The van der Waals surface area contributed by atoms with Gasteiger partial charge in [-0.15, -0.1) is 0 Å². The van der Waals surface area contributed by atoms with E-state index in [0.717, 1.165) is 13.0 Å². The number of hydrogen-bond acceptors (Lipinski definition) is 1. The minimum absolute atomic E-state index is 0.0404. The van der Waals surface area contributed by atoms with E-state index in [1.54, 1.807) is 0 Å². The van der Waals surface area contributed by atoms with Gasteiger partial charge in [-0.1, -0.05) is 137 Å². The Kier molecular flexibility index (Phi) is 10.5. The monoisotopic (exact) mass is 880 g/mol. The van der Waals surface area contributed by atoms with Crippen LogP contribution < -0.4 is 18.2 Å². The molecule has 5 heteroatoms. The predicted molar refractivity (Wildman–Crippen MR) is 188 cm³/mol. The molecule has 2 atom stereocenters. The van der Waals surface area contributed by atoms with Crippen LogP contribution in [-0.4, -0.2) is 23.5 Å². The molecule has 1 fully saturated rings. The number of anilines is 1. The summed E-state index contributed by atoms with van der Waals surface area (Å²) >= 11 is 5.30. The zero-order valence-electron chi connectivity index (χ0n) is 24.2. The van der Waals surface area contributed by atoms with Crippen molar-refractivity contribution in [2.45, 2.75) is 63.5 Å². The van der Waals surface area contributed by atoms with Crippen LogP contribution in [-0.2, 0) is 5.41 Å². The fourth-order valence-electron chi connectivity index (χ4n) is 6.94. The van der Waals surface area contributed by atoms with Crippen molar-refractivity contribution in [3.63, 3.8) is 0 Å². The van der Waals surface area contributed by atoms with Crippen molar-refractivity contribution in [2.24, 2.45) is 0 Å². The van der Waals surface area contributed by atoms with Gasteiger partial charge in [0.05, 0.1) is 12.0 Å². The van der Waals surface area contributed by atoms with E-state index in [1.807, 2.05) is 0 Å². The molecule has 0 bridgehead atoms. The van der Waals surface area contributed by atoms with Crippen LogP contribution in [0.2, 0.25) is 0 Å². The van der Waals surface area contributed by atoms with Gasteiger partial charge in [-0.2, -0.15) is 0 Å². The maximum atomic E-state index is 2.65. The zero-order valence-corrected chi connectivity index (χ0v) is 30.7. The van der Waals surface area contributed by atoms with Gasteiger partial charge in [-0.3, -0.25) is 4.58 Å². The molecule has 0 aromatic heterocycles. The minimum atomic E-state index is -0.0404. The van der Waals surface area contributed by atoms with E-state index < -0.39 is 0 Å². The van der Waals surface area contributed by atoms with Gasteiger partial charge in [0.15, 0.2) is 6.04 Å². The van der Waals surface area contributed by atoms with E-state index >= 15 is 0 Å². The Morgan fingerprint density at radius 1 is 0.707 bits per heavy atom. The van der Waals surface area contributed by atoms with Gasteiger partial charge in [0.1, 0.15) is 11.7 Å². The van der Waals surface area contributed by atoms with Crippen molar-refractivity contribution in [1.29, 1.82) is 0 Å². The number of fused-ring (bicyclic) bond motifs is 1. The topological polar surface area (TPSA) is 6.25 Å². The molecular formula is C36H39I3N2. The summed E-state index contributed by atoms with van der Waals surface area (Å²) < 4.78 is 2.65. The first-order chi connectivity index (χ1) is 19.9. The first kappa shape index (κ1) is 31.0. The van der Waals surface area contributed by atoms with Crippen molar-refractivity contribution in [2.75, 3.05) is 11.4 Å². The molecule has 2 nitrogen and oxygen atoms in total. The van der Waals surface area contributed by atoms with Gasteiger partial charge in [0.25, 0.3) is 0 Å². The summed E-state index contributed by atoms with van der Waals surface area (Å²) in [6.45, 7) is 10.3. The molecule has 4 aromatic carbocycles. The second kappa shape index (κ2) is 13.9. The van der Waals surface area contributed by atoms with E-state index in [4.69, 9.17) is 0 Å². The van der Waals surface area contributed by atoms with Crippen molar-refractivity contribution in [3.05, 3.63) is 137 Å². The van der Waals surface area contributed by atoms with Gasteiger partial charge in [0.2, 0.25) is 6.34 Å². The Balaban J connectivity index is 0.00000108. The molecule has 0 aliphatic carbocycles. The predicted octanol–water partition coefficient (Wildman–Crippen LogP) is 7.07. The molecule has 0 saturated carbocycles. The Labute approximate surface area is 276 Å². The summed E-state index contributed by atoms with van der Waals surface area (Å²) in [6.07, 6.45) is 3.54. The summed E-state index contributed by atoms with van der Waals surface area (Å²) in [7, 11) is 0. The number of benzene rings is 4. The molecular weight excluding hydrogens is 841 g/mol. The molecule has 0 N–H and O–H groups in total. The number of hydrogen-bond donors (Lipinski definition) is 0. The molecule has 0 radical (unpaired) electrons. The van der Waals surface area contributed by atoms with Crippen molar-refractivity contribution >= 4 is 49.3 Å². The van der Waals surface area contributed by atoms with Gasteiger partial charge in [-0.25, -0.2) is 4.90 Å². The Hall–Kier alpha value is -1.46. The molecule has 2 aliphatic heterocycles. The Morgan fingerprint density at radius 3 is 1.63 bits per heavy atom. The van der Waals surface area contributed by atoms with Crippen LogP contribution in [0.5, 0.6) is 0 Å². The number of nitrogens with zero attached hydrogens (tertiary/aromatic N) is 2. The second-order valence-corrected chi connectivity index (χ2v) is 28.0. The zero-order chi connectivity index (χ0) is 29.0. The number of para-hydroxylation sites is 1. The van der Waals surface area contributed by atoms with Crippen LogP contribution in [0, 0.1) is 0 Å². The average molecular weight is 880 g/mol. The number of rotatable bonds is 6. The van der Waals surface area contributed by atoms with Gasteiger partial charge >= 0.3 is 50.5 Å². The van der Waals surface area contributed by atoms with Crippen LogP contribution in [0.25, 0.3) is 0 Å². The molecule has 0 spiro atoms. The normalized spacial score (nSPS) is 19.2. The van der Waals surface area contributed by atoms with E-state index in [1.165, 1.54) is 33.5 Å². The molecule has 2 heterocycles. The molecule has 214 valence electrons. The summed E-state index contributed by atoms with van der Waals surface area (Å²) in [6, 6.07) is 41.1. The van der Waals surface area contributed by atoms with Crippen LogP contribution in [0.1, 0.15) is 79.8 Å². The third kappa shape index (κ3) is 6.28. The fraction of sp³-hybridized carbons (Fsp3) is 0.306. The molecule has 41 heavy (non-hydrogen) atoms. The van der Waals surface area contributed by atoms with Crippen molar-refractivity contribution < 1.29 is 17.8 Å². The summed E-state index contributed by atoms with van der Waals surface area (Å²) in [5.41, 5.74) is 8.46. The molecule has 1 saturated heterocycles. The fourth-order valence-corrected chi connectivity index (χ4v) is 6.94. The van der Waals surface area contributed by atoms with E-state index in [9.17, 15) is 0 Å². The van der Waals surface area contributed by atoms with Gasteiger partial charge < -0.3 is 0 Å². The SMILES string of the molecule is CC(C)c1cccc(C(C)C)c1N1C=[N+]2CC(c3ccccc3)(c3ccccc3)C[C@@H]2[C@H]1c1ccccc1.I[I-]I. The van der Waals surface area contributed by atoms with Crippen molar-refractivity contribution in [3.8, 4) is 0 Å². The Morgan fingerprint density at radius 2 is 1.17 bits per heavy atom. The first-order valence-corrected chi connectivity index (χ1v) is 27.0. The summed E-state index contributed by atoms with van der Waals surface area (Å²) in [5, 5.41) is 0. The third-order valence-corrected chi connectivity index (χ3v) is 8.77. The molecule has 6 rings (SSSR count). The van der Waals surface area contributed by atoms with Crippen LogP contribution in [0.4, 0.5) is 5.69 Å². The number of halogens is 3. The Bertz CT molecular complexity index is 1390. The van der Waals surface area contributed by atoms with Crippen molar-refractivity contribution in [1.82, 2.24) is 0 Å². The molecule has 2 aliphatic rings. The molecule has 0 unspecified atom stereocenters. The molecule has 4 aromatic rings. The standard InChI is InChI=1S/C36H39N2.I3/c1-26(2)31-21-14-22-32(27(3)4)35(31)38-25-37-24-36(29-17-10-6-11-18-29,30-19-12-7-13-20-30)23-33(37)34(38)28-15-8-5-9-16-28;1-3-2/h5-22,25-27,33-34H,23-24H2,1-4H3;/q+1;-1/t33-,34-;/m1./s1. The van der Waals surface area contributed by atoms with Crippen LogP contribution >= 0.6 is 37.2 Å². The summed E-state index contributed by atoms with van der Waals surface area (Å²) in [5.74, 6) is 0.911. The maximum absolute atomic E-state index is 2.65. The third-order valence-electron chi connectivity index (χ3n) is 8.77. The van der Waals surface area contributed by atoms with Gasteiger partial charge in [0, 0.05) is 23.1 Å². The van der Waals surface area contributed by atoms with Gasteiger partial charge in [-0.05, 0) is 23.0 Å². The van der Waals surface area contributed by atoms with Crippen LogP contribution in [0.15, 0.2) is 109 Å². The van der Waals surface area contributed by atoms with Crippen LogP contribution in [0.3, 0.4) is 0 Å².